The molecule has 0 bridgehead atoms. The Labute approximate surface area is 84.8 Å². The van der Waals surface area contributed by atoms with Gasteiger partial charge in [-0.2, -0.15) is 5.10 Å². The van der Waals surface area contributed by atoms with Crippen molar-refractivity contribution in [3.05, 3.63) is 29.8 Å². The van der Waals surface area contributed by atoms with Gasteiger partial charge in [0.15, 0.2) is 0 Å². The summed E-state index contributed by atoms with van der Waals surface area (Å²) in [6.07, 6.45) is 1.53. The normalized spacial score (nSPS) is 10.9. The van der Waals surface area contributed by atoms with Crippen molar-refractivity contribution >= 4 is 12.2 Å². The van der Waals surface area contributed by atoms with E-state index in [9.17, 15) is 0 Å². The summed E-state index contributed by atoms with van der Waals surface area (Å²) in [6, 6.07) is 6.54. The van der Waals surface area contributed by atoms with Crippen LogP contribution in [0.2, 0.25) is 0 Å². The van der Waals surface area contributed by atoms with Gasteiger partial charge in [0.25, 0.3) is 5.95 Å². The van der Waals surface area contributed by atoms with Crippen molar-refractivity contribution in [1.29, 1.82) is 0 Å². The lowest BCUT2D eigenvalue weighted by Gasteiger charge is -1.93. The fourth-order valence-corrected chi connectivity index (χ4v) is 0.954. The molecule has 76 valence electrons. The second kappa shape index (κ2) is 3.74. The van der Waals surface area contributed by atoms with Crippen LogP contribution in [0.25, 0.3) is 0 Å². The summed E-state index contributed by atoms with van der Waals surface area (Å²) in [5, 5.41) is 23.3. The minimum absolute atomic E-state index is 0.116. The number of nitrogen functional groups attached to an aromatic ring is 1. The highest BCUT2D eigenvalue weighted by Crippen LogP contribution is 2.07. The third-order valence-corrected chi connectivity index (χ3v) is 1.69. The van der Waals surface area contributed by atoms with Gasteiger partial charge in [0.05, 0.1) is 6.21 Å². The fraction of sp³-hybridized carbons (Fsp3) is 0. The molecule has 1 heterocycles. The van der Waals surface area contributed by atoms with Crippen LogP contribution in [-0.4, -0.2) is 31.6 Å². The van der Waals surface area contributed by atoms with Crippen LogP contribution in [0.4, 0.5) is 5.95 Å². The van der Waals surface area contributed by atoms with E-state index in [1.807, 2.05) is 0 Å². The Balaban J connectivity index is 2.19. The minimum atomic E-state index is 0.116. The summed E-state index contributed by atoms with van der Waals surface area (Å²) < 4.78 is 0. The van der Waals surface area contributed by atoms with Crippen LogP contribution in [-0.2, 0) is 0 Å². The highest BCUT2D eigenvalue weighted by Gasteiger charge is 1.96. The van der Waals surface area contributed by atoms with Crippen LogP contribution in [0.3, 0.4) is 0 Å². The Morgan fingerprint density at radius 1 is 1.33 bits per heavy atom. The van der Waals surface area contributed by atoms with Gasteiger partial charge in [0, 0.05) is 0 Å². The molecule has 0 radical (unpaired) electrons. The zero-order valence-corrected chi connectivity index (χ0v) is 7.65. The summed E-state index contributed by atoms with van der Waals surface area (Å²) in [5.41, 5.74) is 6.21. The predicted octanol–water partition coefficient (Wildman–Crippen LogP) is -0.157. The van der Waals surface area contributed by atoms with Crippen LogP contribution >= 0.6 is 0 Å². The molecule has 0 aliphatic carbocycles. The van der Waals surface area contributed by atoms with Gasteiger partial charge < -0.3 is 10.8 Å². The summed E-state index contributed by atoms with van der Waals surface area (Å²) in [4.78, 5) is 1.10. The molecule has 7 nitrogen and oxygen atoms in total. The number of hydrogen-bond donors (Lipinski definition) is 2. The first kappa shape index (κ1) is 9.13. The van der Waals surface area contributed by atoms with Gasteiger partial charge in [-0.15, -0.1) is 0 Å². The molecule has 2 rings (SSSR count). The number of aromatic hydroxyl groups is 1. The molecule has 0 spiro atoms. The molecule has 2 aromatic rings. The van der Waals surface area contributed by atoms with Crippen molar-refractivity contribution in [3.63, 3.8) is 0 Å². The van der Waals surface area contributed by atoms with E-state index in [2.05, 4.69) is 20.6 Å². The third-order valence-electron chi connectivity index (χ3n) is 1.69. The lowest BCUT2D eigenvalue weighted by atomic mass is 10.2. The van der Waals surface area contributed by atoms with Gasteiger partial charge in [-0.05, 0) is 40.3 Å². The molecule has 0 unspecified atom stereocenters. The van der Waals surface area contributed by atoms with E-state index in [-0.39, 0.29) is 11.7 Å². The van der Waals surface area contributed by atoms with Gasteiger partial charge >= 0.3 is 0 Å². The molecule has 1 aromatic carbocycles. The number of rotatable bonds is 2. The van der Waals surface area contributed by atoms with Crippen molar-refractivity contribution in [2.24, 2.45) is 5.10 Å². The number of aromatic nitrogens is 4. The number of tetrazole rings is 1. The van der Waals surface area contributed by atoms with E-state index in [4.69, 9.17) is 10.8 Å². The molecule has 0 saturated heterocycles. The first-order chi connectivity index (χ1) is 7.25. The van der Waals surface area contributed by atoms with Crippen molar-refractivity contribution in [2.75, 3.05) is 5.73 Å². The summed E-state index contributed by atoms with van der Waals surface area (Å²) >= 11 is 0. The van der Waals surface area contributed by atoms with E-state index in [1.165, 1.54) is 6.21 Å². The number of benzene rings is 1. The van der Waals surface area contributed by atoms with Gasteiger partial charge in [-0.25, -0.2) is 0 Å². The molecule has 0 aliphatic rings. The van der Waals surface area contributed by atoms with Crippen LogP contribution in [0, 0.1) is 0 Å². The molecule has 0 saturated carbocycles. The molecule has 0 amide bonds. The number of nitrogens with two attached hydrogens (primary N) is 1. The molecule has 15 heavy (non-hydrogen) atoms. The average molecular weight is 204 g/mol. The van der Waals surface area contributed by atoms with Crippen LogP contribution in [0.5, 0.6) is 5.75 Å². The van der Waals surface area contributed by atoms with Gasteiger partial charge in [0.1, 0.15) is 5.75 Å². The standard InChI is InChI=1S/C8H8N6O/c9-8-11-12-13-14(8)10-5-6-1-3-7(15)4-2-6/h1-5,15H,(H2,9,11,13)/b10-5-. The Hall–Kier alpha value is -2.44. The maximum Gasteiger partial charge on any atom is 0.263 e. The Kier molecular flexibility index (Phi) is 2.28. The van der Waals surface area contributed by atoms with Crippen LogP contribution < -0.4 is 5.73 Å². The van der Waals surface area contributed by atoms with Crippen molar-refractivity contribution in [2.45, 2.75) is 0 Å². The van der Waals surface area contributed by atoms with Crippen LogP contribution in [0.1, 0.15) is 5.56 Å². The first-order valence-corrected chi connectivity index (χ1v) is 4.13. The van der Waals surface area contributed by atoms with E-state index in [0.29, 0.717) is 0 Å². The highest BCUT2D eigenvalue weighted by molar-refractivity contribution is 5.79. The Morgan fingerprint density at radius 2 is 2.07 bits per heavy atom. The summed E-state index contributed by atoms with van der Waals surface area (Å²) in [7, 11) is 0. The Morgan fingerprint density at radius 3 is 2.67 bits per heavy atom. The second-order valence-electron chi connectivity index (χ2n) is 2.76. The molecule has 7 heteroatoms. The van der Waals surface area contributed by atoms with Crippen molar-refractivity contribution in [1.82, 2.24) is 20.3 Å². The highest BCUT2D eigenvalue weighted by atomic mass is 16.3. The number of phenols is 1. The molecule has 3 N–H and O–H groups in total. The smallest absolute Gasteiger partial charge is 0.263 e. The first-order valence-electron chi connectivity index (χ1n) is 4.13. The largest absolute Gasteiger partial charge is 0.508 e. The third kappa shape index (κ3) is 2.08. The van der Waals surface area contributed by atoms with Gasteiger partial charge in [0.2, 0.25) is 0 Å². The van der Waals surface area contributed by atoms with Crippen molar-refractivity contribution < 1.29 is 5.11 Å². The molecule has 0 fully saturated rings. The average Bonchev–Trinajstić information content (AvgIpc) is 2.63. The van der Waals surface area contributed by atoms with Crippen molar-refractivity contribution in [3.8, 4) is 5.75 Å². The molecule has 1 aromatic heterocycles. The molecule has 0 atom stereocenters. The van der Waals surface area contributed by atoms with Gasteiger partial charge in [-0.1, -0.05) is 9.89 Å². The van der Waals surface area contributed by atoms with E-state index in [0.717, 1.165) is 10.4 Å². The van der Waals surface area contributed by atoms with E-state index < -0.39 is 0 Å². The molecular formula is C8H8N6O. The monoisotopic (exact) mass is 204 g/mol. The lowest BCUT2D eigenvalue weighted by Crippen LogP contribution is -1.99. The van der Waals surface area contributed by atoms with Crippen LogP contribution in [0.15, 0.2) is 29.4 Å². The maximum atomic E-state index is 9.05. The number of hydrogen-bond acceptors (Lipinski definition) is 6. The van der Waals surface area contributed by atoms with E-state index in [1.54, 1.807) is 24.3 Å². The second-order valence-corrected chi connectivity index (χ2v) is 2.76. The maximum absolute atomic E-state index is 9.05. The van der Waals surface area contributed by atoms with Gasteiger partial charge in [-0.3, -0.25) is 0 Å². The molecule has 0 aliphatic heterocycles. The number of nitrogens with zero attached hydrogens (tertiary/aromatic N) is 5. The minimum Gasteiger partial charge on any atom is -0.508 e. The Bertz CT molecular complexity index is 474. The molecular weight excluding hydrogens is 196 g/mol. The zero-order chi connectivity index (χ0) is 10.7. The number of phenolic OH excluding ortho intramolecular Hbond substituents is 1. The SMILES string of the molecule is Nc1nnnn1/N=C\c1ccc(O)cc1. The topological polar surface area (TPSA) is 102 Å². The zero-order valence-electron chi connectivity index (χ0n) is 7.65. The fourth-order valence-electron chi connectivity index (χ4n) is 0.954. The number of anilines is 1. The predicted molar refractivity (Wildman–Crippen MR) is 53.3 cm³/mol. The van der Waals surface area contributed by atoms with E-state index >= 15 is 0 Å². The summed E-state index contributed by atoms with van der Waals surface area (Å²) in [5.74, 6) is 0.319. The quantitative estimate of drug-likeness (QED) is 0.662. The lowest BCUT2D eigenvalue weighted by molar-refractivity contribution is 0.475. The summed E-state index contributed by atoms with van der Waals surface area (Å²) in [6.45, 7) is 0.